The minimum atomic E-state index is -0.417. The molecule has 31 heavy (non-hydrogen) atoms. The maximum atomic E-state index is 12.8. The van der Waals surface area contributed by atoms with Gasteiger partial charge in [0.05, 0.1) is 28.8 Å². The van der Waals surface area contributed by atoms with Crippen LogP contribution >= 0.6 is 11.8 Å². The number of aromatic nitrogens is 2. The molecule has 0 atom stereocenters. The lowest BCUT2D eigenvalue weighted by molar-refractivity contribution is -0.113. The van der Waals surface area contributed by atoms with Gasteiger partial charge in [0.2, 0.25) is 5.91 Å². The predicted molar refractivity (Wildman–Crippen MR) is 119 cm³/mol. The summed E-state index contributed by atoms with van der Waals surface area (Å²) in [6.45, 7) is 2.29. The third kappa shape index (κ3) is 5.71. The molecule has 0 saturated carbocycles. The number of nitrogens with zero attached hydrogens (tertiary/aromatic N) is 2. The van der Waals surface area contributed by atoms with Crippen molar-refractivity contribution in [1.29, 1.82) is 0 Å². The van der Waals surface area contributed by atoms with Gasteiger partial charge in [-0.3, -0.25) is 14.2 Å². The van der Waals surface area contributed by atoms with Crippen LogP contribution in [0.25, 0.3) is 10.9 Å². The Morgan fingerprint density at radius 1 is 1.16 bits per heavy atom. The van der Waals surface area contributed by atoms with Crippen LogP contribution in [0.1, 0.15) is 23.7 Å². The molecule has 1 amide bonds. The number of rotatable bonds is 9. The summed E-state index contributed by atoms with van der Waals surface area (Å²) in [7, 11) is 0. The Kier molecular flexibility index (Phi) is 7.80. The van der Waals surface area contributed by atoms with Gasteiger partial charge in [-0.05, 0) is 49.7 Å². The molecular formula is C22H23N3O5S. The van der Waals surface area contributed by atoms with Crippen LogP contribution < -0.4 is 10.9 Å². The molecule has 0 spiro atoms. The molecule has 8 nitrogen and oxygen atoms in total. The summed E-state index contributed by atoms with van der Waals surface area (Å²) in [6, 6.07) is 13.4. The van der Waals surface area contributed by atoms with Gasteiger partial charge in [0.25, 0.3) is 5.56 Å². The van der Waals surface area contributed by atoms with E-state index in [0.29, 0.717) is 46.9 Å². The Balaban J connectivity index is 1.70. The number of hydrogen-bond donors (Lipinski definition) is 2. The van der Waals surface area contributed by atoms with Crippen LogP contribution in [0.5, 0.6) is 0 Å². The first-order valence-corrected chi connectivity index (χ1v) is 10.8. The van der Waals surface area contributed by atoms with E-state index in [0.717, 1.165) is 11.8 Å². The highest BCUT2D eigenvalue weighted by atomic mass is 32.2. The van der Waals surface area contributed by atoms with Gasteiger partial charge < -0.3 is 15.2 Å². The fourth-order valence-corrected chi connectivity index (χ4v) is 3.74. The molecule has 1 heterocycles. The lowest BCUT2D eigenvalue weighted by Crippen LogP contribution is -2.24. The summed E-state index contributed by atoms with van der Waals surface area (Å²) in [6.07, 6.45) is 0.409. The van der Waals surface area contributed by atoms with Crippen LogP contribution in [-0.2, 0) is 16.1 Å². The molecule has 0 aliphatic carbocycles. The Labute approximate surface area is 183 Å². The zero-order chi connectivity index (χ0) is 22.2. The van der Waals surface area contributed by atoms with E-state index in [2.05, 4.69) is 10.3 Å². The fraction of sp³-hybridized carbons (Fsp3) is 0.273. The van der Waals surface area contributed by atoms with E-state index < -0.39 is 5.97 Å². The van der Waals surface area contributed by atoms with Gasteiger partial charge in [-0.1, -0.05) is 23.9 Å². The van der Waals surface area contributed by atoms with Crippen molar-refractivity contribution in [2.75, 3.05) is 24.3 Å². The molecule has 0 fully saturated rings. The first kappa shape index (κ1) is 22.5. The number of carbonyl (C=O) groups excluding carboxylic acids is 2. The van der Waals surface area contributed by atoms with Gasteiger partial charge in [0.15, 0.2) is 5.16 Å². The molecule has 0 saturated heterocycles. The lowest BCUT2D eigenvalue weighted by atomic mass is 10.2. The maximum absolute atomic E-state index is 12.8. The molecule has 2 aromatic carbocycles. The number of aliphatic hydroxyl groups is 1. The van der Waals surface area contributed by atoms with Gasteiger partial charge in [-0.15, -0.1) is 0 Å². The highest BCUT2D eigenvalue weighted by Crippen LogP contribution is 2.19. The van der Waals surface area contributed by atoms with E-state index in [4.69, 9.17) is 9.84 Å². The number of hydrogen-bond acceptors (Lipinski definition) is 7. The van der Waals surface area contributed by atoms with Crippen molar-refractivity contribution in [3.05, 3.63) is 64.4 Å². The minimum Gasteiger partial charge on any atom is -0.462 e. The van der Waals surface area contributed by atoms with E-state index in [-0.39, 0.29) is 23.8 Å². The summed E-state index contributed by atoms with van der Waals surface area (Å²) in [5.41, 5.74) is 1.31. The molecule has 1 aromatic heterocycles. The molecule has 0 bridgehead atoms. The molecule has 3 rings (SSSR count). The van der Waals surface area contributed by atoms with Gasteiger partial charge in [0, 0.05) is 18.8 Å². The van der Waals surface area contributed by atoms with Crippen LogP contribution in [0.3, 0.4) is 0 Å². The average Bonchev–Trinajstić information content (AvgIpc) is 2.78. The van der Waals surface area contributed by atoms with E-state index in [1.807, 2.05) is 0 Å². The summed E-state index contributed by atoms with van der Waals surface area (Å²) >= 11 is 1.15. The van der Waals surface area contributed by atoms with Crippen LogP contribution in [0.2, 0.25) is 0 Å². The van der Waals surface area contributed by atoms with Gasteiger partial charge in [-0.2, -0.15) is 0 Å². The van der Waals surface area contributed by atoms with Crippen LogP contribution in [-0.4, -0.2) is 45.5 Å². The van der Waals surface area contributed by atoms with Crippen LogP contribution in [0.4, 0.5) is 5.69 Å². The third-order valence-corrected chi connectivity index (χ3v) is 5.35. The minimum absolute atomic E-state index is 0.0452. The smallest absolute Gasteiger partial charge is 0.338 e. The first-order chi connectivity index (χ1) is 15.0. The summed E-state index contributed by atoms with van der Waals surface area (Å²) in [5.74, 6) is -0.645. The van der Waals surface area contributed by atoms with E-state index in [9.17, 15) is 14.4 Å². The molecule has 2 N–H and O–H groups in total. The molecule has 0 aliphatic heterocycles. The second kappa shape index (κ2) is 10.7. The Morgan fingerprint density at radius 3 is 2.61 bits per heavy atom. The SMILES string of the molecule is CCOC(=O)c1ccc(NC(=O)CSc2nc3ccccc3c(=O)n2CCCO)cc1. The van der Waals surface area contributed by atoms with Gasteiger partial charge >= 0.3 is 5.97 Å². The number of para-hydroxylation sites is 1. The molecule has 0 radical (unpaired) electrons. The lowest BCUT2D eigenvalue weighted by Gasteiger charge is -2.12. The zero-order valence-corrected chi connectivity index (χ0v) is 17.9. The molecule has 3 aromatic rings. The number of esters is 1. The summed E-state index contributed by atoms with van der Waals surface area (Å²) < 4.78 is 6.43. The van der Waals surface area contributed by atoms with Crippen molar-refractivity contribution in [2.24, 2.45) is 0 Å². The number of benzene rings is 2. The second-order valence-electron chi connectivity index (χ2n) is 6.58. The molecule has 162 valence electrons. The van der Waals surface area contributed by atoms with Crippen LogP contribution in [0.15, 0.2) is 58.5 Å². The van der Waals surface area contributed by atoms with Crippen molar-refractivity contribution in [3.63, 3.8) is 0 Å². The quantitative estimate of drug-likeness (QED) is 0.298. The number of ether oxygens (including phenoxy) is 1. The number of anilines is 1. The maximum Gasteiger partial charge on any atom is 0.338 e. The highest BCUT2D eigenvalue weighted by Gasteiger charge is 2.13. The Hall–Kier alpha value is -3.17. The summed E-state index contributed by atoms with van der Waals surface area (Å²) in [5, 5.41) is 12.8. The predicted octanol–water partition coefficient (Wildman–Crippen LogP) is 2.69. The second-order valence-corrected chi connectivity index (χ2v) is 7.52. The number of thioether (sulfide) groups is 1. The van der Waals surface area contributed by atoms with Crippen molar-refractivity contribution in [1.82, 2.24) is 9.55 Å². The fourth-order valence-electron chi connectivity index (χ4n) is 2.92. The number of nitrogens with one attached hydrogen (secondary N) is 1. The van der Waals surface area contributed by atoms with Crippen molar-refractivity contribution < 1.29 is 19.4 Å². The highest BCUT2D eigenvalue weighted by molar-refractivity contribution is 7.99. The number of fused-ring (bicyclic) bond motifs is 1. The van der Waals surface area contributed by atoms with Crippen molar-refractivity contribution in [3.8, 4) is 0 Å². The van der Waals surface area contributed by atoms with Crippen molar-refractivity contribution >= 4 is 40.2 Å². The number of aliphatic hydroxyl groups excluding tert-OH is 1. The molecule has 0 aliphatic rings. The molecule has 0 unspecified atom stereocenters. The zero-order valence-electron chi connectivity index (χ0n) is 17.0. The standard InChI is InChI=1S/C22H23N3O5S/c1-2-30-21(29)15-8-10-16(11-9-15)23-19(27)14-31-22-24-18-7-4-3-6-17(18)20(28)25(22)12-5-13-26/h3-4,6-11,26H,2,5,12-14H2,1H3,(H,23,27). The average molecular weight is 442 g/mol. The van der Waals surface area contributed by atoms with Gasteiger partial charge in [0.1, 0.15) is 0 Å². The number of amides is 1. The van der Waals surface area contributed by atoms with Crippen molar-refractivity contribution in [2.45, 2.75) is 25.0 Å². The van der Waals surface area contributed by atoms with E-state index >= 15 is 0 Å². The molecular weight excluding hydrogens is 418 g/mol. The van der Waals surface area contributed by atoms with Crippen LogP contribution in [0, 0.1) is 0 Å². The Morgan fingerprint density at radius 2 is 1.90 bits per heavy atom. The largest absolute Gasteiger partial charge is 0.462 e. The summed E-state index contributed by atoms with van der Waals surface area (Å²) in [4.78, 5) is 41.4. The topological polar surface area (TPSA) is 111 Å². The first-order valence-electron chi connectivity index (χ1n) is 9.83. The molecule has 9 heteroatoms. The Bertz CT molecular complexity index is 1130. The van der Waals surface area contributed by atoms with Gasteiger partial charge in [-0.25, -0.2) is 9.78 Å². The third-order valence-electron chi connectivity index (χ3n) is 4.38. The monoisotopic (exact) mass is 441 g/mol. The normalized spacial score (nSPS) is 10.8. The van der Waals surface area contributed by atoms with E-state index in [1.165, 1.54) is 4.57 Å². The van der Waals surface area contributed by atoms with E-state index in [1.54, 1.807) is 55.5 Å². The number of carbonyl (C=O) groups is 2.